The van der Waals surface area contributed by atoms with Gasteiger partial charge in [0.15, 0.2) is 16.6 Å². The van der Waals surface area contributed by atoms with Gasteiger partial charge in [-0.3, -0.25) is 4.79 Å². The zero-order valence-electron chi connectivity index (χ0n) is 29.7. The summed E-state index contributed by atoms with van der Waals surface area (Å²) in [7, 11) is -2.65. The summed E-state index contributed by atoms with van der Waals surface area (Å²) in [6, 6.07) is 6.64. The number of methoxy groups -OCH3 is 1. The molecule has 1 aromatic carbocycles. The number of unbranched alkanes of at least 4 members (excludes halogenated alkanes) is 3. The van der Waals surface area contributed by atoms with E-state index < -0.39 is 22.7 Å². The molecule has 5 nitrogen and oxygen atoms in total. The summed E-state index contributed by atoms with van der Waals surface area (Å²) >= 11 is 0. The highest BCUT2D eigenvalue weighted by molar-refractivity contribution is 6.74. The molecule has 1 aliphatic carbocycles. The van der Waals surface area contributed by atoms with Crippen molar-refractivity contribution in [3.8, 4) is 0 Å². The van der Waals surface area contributed by atoms with Crippen LogP contribution in [0.15, 0.2) is 30.3 Å². The quantitative estimate of drug-likeness (QED) is 0.110. The third kappa shape index (κ3) is 11.5. The Labute approximate surface area is 270 Å². The molecule has 44 heavy (non-hydrogen) atoms. The standard InChI is InChI=1S/C36H63FO5Si2/c1-35(2,3)43(8,9)41-32-26-33(42-44(10,11)36(4,5)6)30(29(32)19-14-12-13-15-21-34(39)40-7)25-24-28(38)23-22-27-18-16-17-20-31(27)37/h16-18,20,22-23,28-30,32-33,38H,12-15,19,21,24-26H2,1-11H3/b23-22+/t28?,29-,30-,32+,33-/m1/s1. The van der Waals surface area contributed by atoms with Gasteiger partial charge in [0.1, 0.15) is 5.82 Å². The van der Waals surface area contributed by atoms with Gasteiger partial charge in [0.2, 0.25) is 0 Å². The first-order chi connectivity index (χ1) is 20.3. The largest absolute Gasteiger partial charge is 0.469 e. The van der Waals surface area contributed by atoms with Crippen LogP contribution in [0.3, 0.4) is 0 Å². The second-order valence-electron chi connectivity index (χ2n) is 16.0. The first-order valence-electron chi connectivity index (χ1n) is 16.8. The number of aliphatic hydroxyl groups is 1. The Hall–Kier alpha value is -1.33. The van der Waals surface area contributed by atoms with E-state index in [4.69, 9.17) is 13.6 Å². The monoisotopic (exact) mass is 650 g/mol. The zero-order valence-corrected chi connectivity index (χ0v) is 31.7. The summed E-state index contributed by atoms with van der Waals surface area (Å²) in [5.41, 5.74) is 0.486. The van der Waals surface area contributed by atoms with Gasteiger partial charge in [-0.05, 0) is 86.3 Å². The van der Waals surface area contributed by atoms with Gasteiger partial charge in [0.05, 0.1) is 25.4 Å². The summed E-state index contributed by atoms with van der Waals surface area (Å²) in [4.78, 5) is 11.6. The number of carbonyl (C=O) groups excluding carboxylic acids is 1. The summed E-state index contributed by atoms with van der Waals surface area (Å²) in [5, 5.41) is 11.2. The molecule has 0 aromatic heterocycles. The smallest absolute Gasteiger partial charge is 0.305 e. The van der Waals surface area contributed by atoms with E-state index in [2.05, 4.69) is 67.7 Å². The Morgan fingerprint density at radius 2 is 1.43 bits per heavy atom. The zero-order chi connectivity index (χ0) is 33.3. The van der Waals surface area contributed by atoms with Gasteiger partial charge in [-0.2, -0.15) is 0 Å². The average molecular weight is 651 g/mol. The van der Waals surface area contributed by atoms with Crippen molar-refractivity contribution in [3.63, 3.8) is 0 Å². The van der Waals surface area contributed by atoms with Crippen molar-refractivity contribution in [3.05, 3.63) is 41.7 Å². The third-order valence-corrected chi connectivity index (χ3v) is 19.6. The molecule has 8 heteroatoms. The lowest BCUT2D eigenvalue weighted by Crippen LogP contribution is -2.45. The first-order valence-corrected chi connectivity index (χ1v) is 22.6. The van der Waals surface area contributed by atoms with Crippen LogP contribution in [0.25, 0.3) is 6.08 Å². The van der Waals surface area contributed by atoms with Gasteiger partial charge in [-0.1, -0.05) is 91.2 Å². The number of rotatable bonds is 16. The van der Waals surface area contributed by atoms with Crippen molar-refractivity contribution in [1.29, 1.82) is 0 Å². The predicted octanol–water partition coefficient (Wildman–Crippen LogP) is 9.91. The number of halogens is 1. The van der Waals surface area contributed by atoms with Crippen molar-refractivity contribution >= 4 is 28.7 Å². The molecule has 2 rings (SSSR count). The molecule has 0 amide bonds. The molecule has 0 heterocycles. The lowest BCUT2D eigenvalue weighted by molar-refractivity contribution is -0.140. The van der Waals surface area contributed by atoms with E-state index in [1.807, 2.05) is 0 Å². The number of hydrogen-bond acceptors (Lipinski definition) is 5. The van der Waals surface area contributed by atoms with Crippen LogP contribution in [0, 0.1) is 17.7 Å². The molecule has 1 fully saturated rings. The number of benzene rings is 1. The third-order valence-electron chi connectivity index (χ3n) is 10.6. The van der Waals surface area contributed by atoms with E-state index in [-0.39, 0.29) is 40.0 Å². The highest BCUT2D eigenvalue weighted by atomic mass is 28.4. The van der Waals surface area contributed by atoms with Crippen LogP contribution in [0.4, 0.5) is 4.39 Å². The molecule has 1 aliphatic rings. The SMILES string of the molecule is COC(=O)CCCCCC[C@@H]1[C@@H](CCC(O)/C=C/c2ccccc2F)[C@H](O[Si](C)(C)C(C)(C)C)C[C@@H]1O[Si](C)(C)C(C)(C)C. The van der Waals surface area contributed by atoms with Crippen LogP contribution < -0.4 is 0 Å². The molecular weight excluding hydrogens is 588 g/mol. The number of ether oxygens (including phenoxy) is 1. The number of esters is 1. The summed E-state index contributed by atoms with van der Waals surface area (Å²) in [6.07, 6.45) is 10.8. The molecule has 0 aliphatic heterocycles. The maximum atomic E-state index is 14.2. The number of hydrogen-bond donors (Lipinski definition) is 1. The fourth-order valence-corrected chi connectivity index (χ4v) is 8.46. The van der Waals surface area contributed by atoms with Crippen molar-refractivity contribution < 1.29 is 27.9 Å². The molecule has 1 aromatic rings. The average Bonchev–Trinajstić information content (AvgIpc) is 3.21. The Bertz CT molecular complexity index is 1060. The summed E-state index contributed by atoms with van der Waals surface area (Å²) < 4.78 is 33.3. The number of aliphatic hydroxyl groups excluding tert-OH is 1. The van der Waals surface area contributed by atoms with Crippen molar-refractivity contribution in [2.75, 3.05) is 7.11 Å². The van der Waals surface area contributed by atoms with Gasteiger partial charge in [0, 0.05) is 12.0 Å². The highest BCUT2D eigenvalue weighted by Gasteiger charge is 2.51. The van der Waals surface area contributed by atoms with Crippen molar-refractivity contribution in [2.45, 2.75) is 154 Å². The van der Waals surface area contributed by atoms with Crippen LogP contribution in [0.1, 0.15) is 105 Å². The van der Waals surface area contributed by atoms with E-state index in [9.17, 15) is 14.3 Å². The molecule has 1 saturated carbocycles. The van der Waals surface area contributed by atoms with E-state index in [0.717, 1.165) is 44.9 Å². The molecule has 0 bridgehead atoms. The second-order valence-corrected chi connectivity index (χ2v) is 25.5. The second kappa shape index (κ2) is 16.5. The number of carbonyl (C=O) groups is 1. The maximum Gasteiger partial charge on any atom is 0.305 e. The van der Waals surface area contributed by atoms with Gasteiger partial charge in [-0.15, -0.1) is 0 Å². The lowest BCUT2D eigenvalue weighted by atomic mass is 9.85. The maximum absolute atomic E-state index is 14.2. The summed E-state index contributed by atoms with van der Waals surface area (Å²) in [5.74, 6) is 0.177. The Morgan fingerprint density at radius 3 is 1.95 bits per heavy atom. The lowest BCUT2D eigenvalue weighted by Gasteiger charge is -2.40. The minimum absolute atomic E-state index is 0.0812. The fourth-order valence-electron chi connectivity index (χ4n) is 5.70. The van der Waals surface area contributed by atoms with Gasteiger partial charge in [0.25, 0.3) is 0 Å². The van der Waals surface area contributed by atoms with Crippen LogP contribution in [0.2, 0.25) is 36.3 Å². The Balaban J connectivity index is 2.29. The molecule has 252 valence electrons. The minimum atomic E-state index is -2.06. The van der Waals surface area contributed by atoms with Crippen LogP contribution in [-0.4, -0.2) is 53.1 Å². The van der Waals surface area contributed by atoms with Crippen molar-refractivity contribution in [1.82, 2.24) is 0 Å². The van der Waals surface area contributed by atoms with E-state index in [0.29, 0.717) is 24.3 Å². The Morgan fingerprint density at radius 1 is 0.909 bits per heavy atom. The fraction of sp³-hybridized carbons (Fsp3) is 0.750. The first kappa shape index (κ1) is 38.9. The molecule has 1 N–H and O–H groups in total. The normalized spacial score (nSPS) is 22.5. The Kier molecular flexibility index (Phi) is 14.6. The molecule has 0 saturated heterocycles. The van der Waals surface area contributed by atoms with Crippen LogP contribution >= 0.6 is 0 Å². The minimum Gasteiger partial charge on any atom is -0.469 e. The summed E-state index contributed by atoms with van der Waals surface area (Å²) in [6.45, 7) is 23.1. The molecule has 1 unspecified atom stereocenters. The van der Waals surface area contributed by atoms with Crippen LogP contribution in [-0.2, 0) is 18.4 Å². The van der Waals surface area contributed by atoms with E-state index in [1.165, 1.54) is 13.2 Å². The van der Waals surface area contributed by atoms with Gasteiger partial charge < -0.3 is 18.7 Å². The molecule has 0 spiro atoms. The van der Waals surface area contributed by atoms with E-state index in [1.54, 1.807) is 30.4 Å². The van der Waals surface area contributed by atoms with E-state index >= 15 is 0 Å². The van der Waals surface area contributed by atoms with Gasteiger partial charge in [-0.25, -0.2) is 4.39 Å². The highest BCUT2D eigenvalue weighted by Crippen LogP contribution is 2.49. The predicted molar refractivity (Wildman–Crippen MR) is 186 cm³/mol. The van der Waals surface area contributed by atoms with Gasteiger partial charge >= 0.3 is 5.97 Å². The molecule has 0 radical (unpaired) electrons. The molecular formula is C36H63FO5Si2. The van der Waals surface area contributed by atoms with Crippen molar-refractivity contribution in [2.24, 2.45) is 11.8 Å². The molecule has 5 atom stereocenters. The van der Waals surface area contributed by atoms with Crippen LogP contribution in [0.5, 0.6) is 0 Å². The topological polar surface area (TPSA) is 65.0 Å².